The summed E-state index contributed by atoms with van der Waals surface area (Å²) < 4.78 is 43.0. The van der Waals surface area contributed by atoms with Gasteiger partial charge in [0, 0.05) is 57.7 Å². The van der Waals surface area contributed by atoms with Gasteiger partial charge in [-0.05, 0) is 37.0 Å². The molecule has 1 aromatic rings. The molecule has 0 amide bonds. The van der Waals surface area contributed by atoms with Gasteiger partial charge in [0.1, 0.15) is 6.61 Å². The largest absolute Gasteiger partial charge is 0.478 e. The molecule has 0 fully saturated rings. The standard InChI is InChI=1S/C17H26F3N3O2.2C4H4O4/c1-24-12-3-2-4-16(23-25-13-11-22-10-9-21)14-5-7-15(8-6-14)17(18,19)20;2*5-3(6)1-2-4(7)8/h5-8,22H,2-4,9-13,21H2,1H3;2*1-2H,(H,5,6)(H,7,8)/b23-16+;2*2-1-. The number of carboxylic acid groups (broad SMARTS) is 4. The second kappa shape index (κ2) is 23.6. The quantitative estimate of drug-likeness (QED) is 0.0703. The van der Waals surface area contributed by atoms with Gasteiger partial charge >= 0.3 is 30.1 Å². The minimum atomic E-state index is -4.35. The van der Waals surface area contributed by atoms with Crippen LogP contribution in [0.15, 0.2) is 53.7 Å². The number of rotatable bonds is 16. The average molecular weight is 594 g/mol. The number of ether oxygens (including phenoxy) is 1. The Bertz CT molecular complexity index is 945. The number of benzene rings is 1. The van der Waals surface area contributed by atoms with Crippen LogP contribution in [0.2, 0.25) is 0 Å². The fourth-order valence-electron chi connectivity index (χ4n) is 2.39. The van der Waals surface area contributed by atoms with Crippen molar-refractivity contribution in [3.8, 4) is 0 Å². The Morgan fingerprint density at radius 3 is 1.73 bits per heavy atom. The molecule has 0 radical (unpaired) electrons. The first kappa shape index (κ1) is 38.9. The van der Waals surface area contributed by atoms with Crippen LogP contribution >= 0.6 is 0 Å². The number of halogens is 3. The van der Waals surface area contributed by atoms with Crippen LogP contribution in [0.1, 0.15) is 30.4 Å². The Hall–Kier alpha value is -4.28. The molecule has 0 aliphatic carbocycles. The van der Waals surface area contributed by atoms with Gasteiger partial charge in [0.05, 0.1) is 11.3 Å². The van der Waals surface area contributed by atoms with Crippen molar-refractivity contribution in [2.45, 2.75) is 25.4 Å². The maximum Gasteiger partial charge on any atom is 0.416 e. The zero-order chi connectivity index (χ0) is 31.7. The molecule has 0 unspecified atom stereocenters. The van der Waals surface area contributed by atoms with Crippen LogP contribution in [-0.2, 0) is 34.9 Å². The molecule has 0 bridgehead atoms. The van der Waals surface area contributed by atoms with E-state index in [0.29, 0.717) is 74.8 Å². The lowest BCUT2D eigenvalue weighted by molar-refractivity contribution is -0.137. The maximum absolute atomic E-state index is 12.7. The predicted octanol–water partition coefficient (Wildman–Crippen LogP) is 2.21. The Morgan fingerprint density at radius 2 is 1.34 bits per heavy atom. The zero-order valence-corrected chi connectivity index (χ0v) is 22.2. The second-order valence-corrected chi connectivity index (χ2v) is 7.45. The molecule has 13 nitrogen and oxygen atoms in total. The number of hydrogen-bond acceptors (Lipinski definition) is 9. The predicted molar refractivity (Wildman–Crippen MR) is 140 cm³/mol. The lowest BCUT2D eigenvalue weighted by Crippen LogP contribution is -2.25. The fourth-order valence-corrected chi connectivity index (χ4v) is 2.39. The number of nitrogens with zero attached hydrogens (tertiary/aromatic N) is 1. The molecule has 0 aromatic heterocycles. The van der Waals surface area contributed by atoms with Gasteiger partial charge in [-0.15, -0.1) is 0 Å². The third-order valence-electron chi connectivity index (χ3n) is 4.16. The second-order valence-electron chi connectivity index (χ2n) is 7.45. The van der Waals surface area contributed by atoms with Crippen LogP contribution in [0.3, 0.4) is 0 Å². The van der Waals surface area contributed by atoms with E-state index in [1.54, 1.807) is 7.11 Å². The molecule has 0 saturated carbocycles. The summed E-state index contributed by atoms with van der Waals surface area (Å²) in [7, 11) is 1.63. The van der Waals surface area contributed by atoms with Gasteiger partial charge in [0.15, 0.2) is 0 Å². The van der Waals surface area contributed by atoms with Crippen molar-refractivity contribution in [2.24, 2.45) is 10.9 Å². The third kappa shape index (κ3) is 25.7. The zero-order valence-electron chi connectivity index (χ0n) is 22.2. The smallest absolute Gasteiger partial charge is 0.416 e. The first-order valence-corrected chi connectivity index (χ1v) is 11.8. The SMILES string of the molecule is COCCCC/C(=N\OCCNCCN)c1ccc(C(F)(F)F)cc1.O=C(O)/C=C\C(=O)O.O=C(O)/C=C\C(=O)O. The van der Waals surface area contributed by atoms with Crippen LogP contribution in [-0.4, -0.2) is 90.0 Å². The maximum atomic E-state index is 12.7. The normalized spacial score (nSPS) is 11.3. The Balaban J connectivity index is 0. The van der Waals surface area contributed by atoms with Crippen molar-refractivity contribution in [3.05, 3.63) is 59.7 Å². The summed E-state index contributed by atoms with van der Waals surface area (Å²) >= 11 is 0. The Labute approximate surface area is 233 Å². The van der Waals surface area contributed by atoms with Crippen molar-refractivity contribution in [1.82, 2.24) is 5.32 Å². The first-order valence-electron chi connectivity index (χ1n) is 11.8. The van der Waals surface area contributed by atoms with E-state index < -0.39 is 35.6 Å². The van der Waals surface area contributed by atoms with Crippen molar-refractivity contribution in [2.75, 3.05) is 40.0 Å². The van der Waals surface area contributed by atoms with Crippen LogP contribution in [0, 0.1) is 0 Å². The Kier molecular flexibility index (Phi) is 22.4. The highest BCUT2D eigenvalue weighted by Gasteiger charge is 2.30. The third-order valence-corrected chi connectivity index (χ3v) is 4.16. The van der Waals surface area contributed by atoms with E-state index in [9.17, 15) is 32.3 Å². The van der Waals surface area contributed by atoms with E-state index in [-0.39, 0.29) is 0 Å². The van der Waals surface area contributed by atoms with Gasteiger partial charge in [-0.2, -0.15) is 13.2 Å². The van der Waals surface area contributed by atoms with Crippen LogP contribution < -0.4 is 11.1 Å². The van der Waals surface area contributed by atoms with Gasteiger partial charge in [-0.25, -0.2) is 19.2 Å². The lowest BCUT2D eigenvalue weighted by atomic mass is 10.0. The van der Waals surface area contributed by atoms with Crippen LogP contribution in [0.25, 0.3) is 0 Å². The monoisotopic (exact) mass is 593 g/mol. The summed E-state index contributed by atoms with van der Waals surface area (Å²) in [4.78, 5) is 43.5. The molecule has 230 valence electrons. The molecule has 1 rings (SSSR count). The molecule has 1 aromatic carbocycles. The van der Waals surface area contributed by atoms with E-state index in [2.05, 4.69) is 10.5 Å². The van der Waals surface area contributed by atoms with E-state index in [4.69, 9.17) is 35.7 Å². The van der Waals surface area contributed by atoms with Crippen molar-refractivity contribution in [3.63, 3.8) is 0 Å². The number of nitrogens with two attached hydrogens (primary N) is 1. The number of nitrogens with one attached hydrogen (secondary N) is 1. The summed E-state index contributed by atoms with van der Waals surface area (Å²) in [6.07, 6.45) is 0.135. The van der Waals surface area contributed by atoms with Crippen molar-refractivity contribution in [1.29, 1.82) is 0 Å². The molecular formula is C25H34F3N3O10. The van der Waals surface area contributed by atoms with Gasteiger partial charge in [-0.1, -0.05) is 17.3 Å². The number of methoxy groups -OCH3 is 1. The molecule has 0 heterocycles. The number of alkyl halides is 3. The minimum Gasteiger partial charge on any atom is -0.478 e. The molecule has 16 heteroatoms. The molecule has 0 aliphatic rings. The first-order chi connectivity index (χ1) is 19.2. The molecule has 0 spiro atoms. The molecular weight excluding hydrogens is 559 g/mol. The van der Waals surface area contributed by atoms with E-state index in [1.807, 2.05) is 0 Å². The Morgan fingerprint density at radius 1 is 0.854 bits per heavy atom. The summed E-state index contributed by atoms with van der Waals surface area (Å²) in [6.45, 7) is 2.83. The summed E-state index contributed by atoms with van der Waals surface area (Å²) in [6, 6.07) is 4.97. The van der Waals surface area contributed by atoms with Gasteiger partial charge in [0.2, 0.25) is 0 Å². The van der Waals surface area contributed by atoms with Crippen LogP contribution in [0.4, 0.5) is 13.2 Å². The minimum absolute atomic E-state index is 0.363. The van der Waals surface area contributed by atoms with Gasteiger partial charge in [0.25, 0.3) is 0 Å². The van der Waals surface area contributed by atoms with Crippen molar-refractivity contribution < 1.29 is 62.3 Å². The molecule has 0 aliphatic heterocycles. The highest BCUT2D eigenvalue weighted by Crippen LogP contribution is 2.29. The summed E-state index contributed by atoms with van der Waals surface area (Å²) in [5.41, 5.74) is 5.94. The molecule has 0 atom stereocenters. The lowest BCUT2D eigenvalue weighted by Gasteiger charge is -2.10. The van der Waals surface area contributed by atoms with Crippen LogP contribution in [0.5, 0.6) is 0 Å². The van der Waals surface area contributed by atoms with E-state index in [0.717, 1.165) is 25.0 Å². The van der Waals surface area contributed by atoms with E-state index in [1.165, 1.54) is 12.1 Å². The molecule has 0 saturated heterocycles. The topological polar surface area (TPSA) is 218 Å². The highest BCUT2D eigenvalue weighted by atomic mass is 19.4. The molecule has 7 N–H and O–H groups in total. The summed E-state index contributed by atoms with van der Waals surface area (Å²) in [5, 5.41) is 38.4. The van der Waals surface area contributed by atoms with Crippen molar-refractivity contribution >= 4 is 29.6 Å². The number of unbranched alkanes of at least 4 members (excludes halogenated alkanes) is 1. The van der Waals surface area contributed by atoms with Gasteiger partial charge < -0.3 is 41.1 Å². The summed E-state index contributed by atoms with van der Waals surface area (Å²) in [5.74, 6) is -5.03. The number of hydrogen-bond donors (Lipinski definition) is 6. The fraction of sp³-hybridized carbons (Fsp3) is 0.400. The molecule has 41 heavy (non-hydrogen) atoms. The average Bonchev–Trinajstić information content (AvgIpc) is 2.90. The highest BCUT2D eigenvalue weighted by molar-refractivity contribution is 6.00. The number of oxime groups is 1. The van der Waals surface area contributed by atoms with E-state index >= 15 is 0 Å². The number of aliphatic carboxylic acids is 4. The number of carbonyl (C=O) groups is 4. The van der Waals surface area contributed by atoms with Gasteiger partial charge in [-0.3, -0.25) is 0 Å². The number of carboxylic acids is 4.